The summed E-state index contributed by atoms with van der Waals surface area (Å²) in [7, 11) is 3.57. The molecule has 1 aromatic carbocycles. The van der Waals surface area contributed by atoms with E-state index in [0.29, 0.717) is 0 Å². The van der Waals surface area contributed by atoms with E-state index in [2.05, 4.69) is 82.5 Å². The molecule has 3 rings (SSSR count). The summed E-state index contributed by atoms with van der Waals surface area (Å²) in [6.07, 6.45) is 11.2. The Balaban J connectivity index is 0. The van der Waals surface area contributed by atoms with Crippen LogP contribution in [-0.2, 0) is 18.9 Å². The molecule has 1 fully saturated rings. The SMILES string of the molecule is C/C=C\C=NC.C=C(C)C.CC(=O)c1c(C)c(C(C)(C)C)nn1C.CCC1CC1.CCc1cccc(C)c1. The lowest BCUT2D eigenvalue weighted by Crippen LogP contribution is -2.13. The first-order valence-corrected chi connectivity index (χ1v) is 13.9. The van der Waals surface area contributed by atoms with Gasteiger partial charge in [0.2, 0.25) is 0 Å². The smallest absolute Gasteiger partial charge is 0.178 e. The molecule has 0 radical (unpaired) electrons. The number of hydrogen-bond acceptors (Lipinski definition) is 3. The van der Waals surface area contributed by atoms with Crippen molar-refractivity contribution in [3.8, 4) is 0 Å². The molecule has 0 unspecified atom stereocenters. The molecule has 4 nitrogen and oxygen atoms in total. The van der Waals surface area contributed by atoms with Crippen molar-refractivity contribution in [1.29, 1.82) is 0 Å². The van der Waals surface area contributed by atoms with Crippen molar-refractivity contribution in [3.63, 3.8) is 0 Å². The van der Waals surface area contributed by atoms with E-state index in [4.69, 9.17) is 0 Å². The standard InChI is InChI=1S/C11H18N2O.C9H12.C5H9N.C5H10.C4H8/c1-7-9(8(2)14)13(6)12-10(7)11(3,4)5;1-3-9-6-4-5-8(2)7-9;1-3-4-5-6-2;1-2-5-3-4-5;1-4(2)3/h1-6H3;4-7H,3H2,1-2H3;3-5H,1-2H3;5H,2-4H2,1H3;1H2,2-3H3/b;;4-3-,6-5?;;. The molecular formula is C34H57N3O. The molecule has 0 saturated heterocycles. The second-order valence-electron chi connectivity index (χ2n) is 11.1. The summed E-state index contributed by atoms with van der Waals surface area (Å²) in [5, 5.41) is 4.40. The van der Waals surface area contributed by atoms with Gasteiger partial charge in [0, 0.05) is 38.2 Å². The van der Waals surface area contributed by atoms with Gasteiger partial charge in [-0.25, -0.2) is 0 Å². The molecule has 38 heavy (non-hydrogen) atoms. The van der Waals surface area contributed by atoms with Gasteiger partial charge in [-0.1, -0.05) is 95.4 Å². The highest BCUT2D eigenvalue weighted by Crippen LogP contribution is 2.31. The van der Waals surface area contributed by atoms with E-state index in [9.17, 15) is 4.79 Å². The number of aliphatic imine (C=N–C) groups is 1. The average Bonchev–Trinajstić information content (AvgIpc) is 3.61. The second-order valence-corrected chi connectivity index (χ2v) is 11.1. The fourth-order valence-electron chi connectivity index (χ4n) is 3.46. The van der Waals surface area contributed by atoms with Crippen LogP contribution in [0.2, 0.25) is 0 Å². The predicted molar refractivity (Wildman–Crippen MR) is 170 cm³/mol. The number of aryl methyl sites for hydroxylation is 3. The fraction of sp³-hybridized carbons (Fsp3) is 0.559. The van der Waals surface area contributed by atoms with Gasteiger partial charge in [-0.15, -0.1) is 6.58 Å². The van der Waals surface area contributed by atoms with Crippen LogP contribution in [0.15, 0.2) is 53.6 Å². The molecule has 0 N–H and O–H groups in total. The molecule has 1 aliphatic carbocycles. The molecule has 214 valence electrons. The number of aromatic nitrogens is 2. The highest BCUT2D eigenvalue weighted by molar-refractivity contribution is 5.94. The molecular weight excluding hydrogens is 466 g/mol. The Hall–Kier alpha value is -2.75. The van der Waals surface area contributed by atoms with E-state index in [-0.39, 0.29) is 11.2 Å². The van der Waals surface area contributed by atoms with Crippen LogP contribution in [0.25, 0.3) is 0 Å². The molecule has 1 aliphatic rings. The Labute approximate surface area is 235 Å². The van der Waals surface area contributed by atoms with Crippen molar-refractivity contribution in [2.75, 3.05) is 7.05 Å². The molecule has 2 aromatic rings. The number of Topliss-reactive ketones (excluding diaryl/α,β-unsaturated/α-hetero) is 1. The fourth-order valence-corrected chi connectivity index (χ4v) is 3.46. The van der Waals surface area contributed by atoms with Crippen molar-refractivity contribution < 1.29 is 4.79 Å². The van der Waals surface area contributed by atoms with Crippen LogP contribution in [-0.4, -0.2) is 28.8 Å². The van der Waals surface area contributed by atoms with Crippen molar-refractivity contribution in [1.82, 2.24) is 9.78 Å². The van der Waals surface area contributed by atoms with E-state index in [1.54, 1.807) is 24.9 Å². The lowest BCUT2D eigenvalue weighted by molar-refractivity contribution is 0.100. The minimum atomic E-state index is -0.00442. The average molecular weight is 524 g/mol. The van der Waals surface area contributed by atoms with Crippen molar-refractivity contribution >= 4 is 12.0 Å². The number of carbonyl (C=O) groups is 1. The van der Waals surface area contributed by atoms with Crippen molar-refractivity contribution in [3.05, 3.63) is 76.6 Å². The van der Waals surface area contributed by atoms with Gasteiger partial charge in [0.1, 0.15) is 5.69 Å². The van der Waals surface area contributed by atoms with Crippen LogP contribution in [0.1, 0.15) is 114 Å². The van der Waals surface area contributed by atoms with Crippen molar-refractivity contribution in [2.45, 2.75) is 107 Å². The maximum absolute atomic E-state index is 11.4. The Bertz CT molecular complexity index is 985. The Morgan fingerprint density at radius 3 is 1.92 bits per heavy atom. The van der Waals surface area contributed by atoms with Gasteiger partial charge in [-0.05, 0) is 58.6 Å². The highest BCUT2D eigenvalue weighted by atomic mass is 16.1. The molecule has 1 saturated carbocycles. The molecule has 0 atom stereocenters. The third-order valence-corrected chi connectivity index (χ3v) is 5.52. The van der Waals surface area contributed by atoms with Crippen LogP contribution in [0.5, 0.6) is 0 Å². The van der Waals surface area contributed by atoms with E-state index in [1.165, 1.54) is 36.0 Å². The summed E-state index contributed by atoms with van der Waals surface area (Å²) in [4.78, 5) is 15.1. The summed E-state index contributed by atoms with van der Waals surface area (Å²) < 4.78 is 1.68. The highest BCUT2D eigenvalue weighted by Gasteiger charge is 2.24. The number of nitrogens with zero attached hydrogens (tertiary/aromatic N) is 3. The molecule has 1 heterocycles. The van der Waals surface area contributed by atoms with Crippen LogP contribution in [0.3, 0.4) is 0 Å². The minimum absolute atomic E-state index is 0.00442. The second kappa shape index (κ2) is 20.2. The largest absolute Gasteiger partial charge is 0.297 e. The number of benzene rings is 1. The van der Waals surface area contributed by atoms with Crippen LogP contribution < -0.4 is 0 Å². The Morgan fingerprint density at radius 2 is 1.71 bits per heavy atom. The molecule has 0 aliphatic heterocycles. The summed E-state index contributed by atoms with van der Waals surface area (Å²) in [6, 6.07) is 8.61. The summed E-state index contributed by atoms with van der Waals surface area (Å²) in [6.45, 7) is 25.9. The van der Waals surface area contributed by atoms with Gasteiger partial charge in [0.05, 0.1) is 5.69 Å². The Kier molecular flexibility index (Phi) is 19.9. The zero-order valence-corrected chi connectivity index (χ0v) is 26.9. The molecule has 4 heteroatoms. The number of ketones is 1. The number of carbonyl (C=O) groups excluding carboxylic acids is 1. The van der Waals surface area contributed by atoms with E-state index in [0.717, 1.165) is 29.3 Å². The normalized spacial score (nSPS) is 12.2. The topological polar surface area (TPSA) is 47.2 Å². The molecule has 0 spiro atoms. The van der Waals surface area contributed by atoms with Crippen LogP contribution in [0, 0.1) is 19.8 Å². The maximum Gasteiger partial charge on any atom is 0.178 e. The predicted octanol–water partition coefficient (Wildman–Crippen LogP) is 9.44. The molecule has 1 aromatic heterocycles. The van der Waals surface area contributed by atoms with E-state index >= 15 is 0 Å². The maximum atomic E-state index is 11.4. The lowest BCUT2D eigenvalue weighted by Gasteiger charge is -2.15. The van der Waals surface area contributed by atoms with E-state index in [1.807, 2.05) is 46.9 Å². The molecule has 0 bridgehead atoms. The monoisotopic (exact) mass is 523 g/mol. The number of hydrogen-bond donors (Lipinski definition) is 0. The summed E-state index contributed by atoms with van der Waals surface area (Å²) >= 11 is 0. The summed E-state index contributed by atoms with van der Waals surface area (Å²) in [5.74, 6) is 1.21. The Morgan fingerprint density at radius 1 is 1.16 bits per heavy atom. The lowest BCUT2D eigenvalue weighted by atomic mass is 9.89. The third-order valence-electron chi connectivity index (χ3n) is 5.52. The van der Waals surface area contributed by atoms with Crippen molar-refractivity contribution in [2.24, 2.45) is 18.0 Å². The van der Waals surface area contributed by atoms with Crippen LogP contribution >= 0.6 is 0 Å². The van der Waals surface area contributed by atoms with Gasteiger partial charge >= 0.3 is 0 Å². The number of allylic oxidation sites excluding steroid dienone is 3. The molecule has 0 amide bonds. The first-order chi connectivity index (χ1) is 17.7. The van der Waals surface area contributed by atoms with Gasteiger partial charge in [0.25, 0.3) is 0 Å². The third kappa shape index (κ3) is 18.5. The van der Waals surface area contributed by atoms with Gasteiger partial charge < -0.3 is 0 Å². The van der Waals surface area contributed by atoms with Gasteiger partial charge in [0.15, 0.2) is 5.78 Å². The quantitative estimate of drug-likeness (QED) is 0.228. The van der Waals surface area contributed by atoms with Crippen LogP contribution in [0.4, 0.5) is 0 Å². The zero-order chi connectivity index (χ0) is 29.9. The van der Waals surface area contributed by atoms with E-state index < -0.39 is 0 Å². The zero-order valence-electron chi connectivity index (χ0n) is 26.9. The number of rotatable bonds is 4. The minimum Gasteiger partial charge on any atom is -0.297 e. The van der Waals surface area contributed by atoms with Gasteiger partial charge in [-0.2, -0.15) is 5.10 Å². The summed E-state index contributed by atoms with van der Waals surface area (Å²) in [5.41, 5.74) is 6.67. The first-order valence-electron chi connectivity index (χ1n) is 13.9. The van der Waals surface area contributed by atoms with Gasteiger partial charge in [-0.3, -0.25) is 14.5 Å². The first kappa shape index (κ1) is 37.4.